The van der Waals surface area contributed by atoms with Gasteiger partial charge < -0.3 is 10.6 Å². The molecule has 3 rings (SSSR count). The van der Waals surface area contributed by atoms with Crippen molar-refractivity contribution in [2.45, 2.75) is 6.04 Å². The van der Waals surface area contributed by atoms with Gasteiger partial charge in [0.25, 0.3) is 5.91 Å². The Morgan fingerprint density at radius 1 is 1.52 bits per heavy atom. The summed E-state index contributed by atoms with van der Waals surface area (Å²) < 4.78 is 2.46. The second-order valence-corrected chi connectivity index (χ2v) is 5.57. The fourth-order valence-electron chi connectivity index (χ4n) is 1.92. The van der Waals surface area contributed by atoms with Crippen molar-refractivity contribution in [2.24, 2.45) is 0 Å². The van der Waals surface area contributed by atoms with E-state index in [1.807, 2.05) is 6.07 Å². The summed E-state index contributed by atoms with van der Waals surface area (Å²) in [7, 11) is 0. The Morgan fingerprint density at radius 3 is 3.00 bits per heavy atom. The standard InChI is InChI=1S/C13H11BrN6O/c14-9-2-1-8(4-15)11(3-9)17-13(21)12-7-20(19-18-12)10-5-16-6-10/h1-3,7,10,16H,5-6H2,(H,17,21). The molecule has 1 amide bonds. The smallest absolute Gasteiger partial charge is 0.277 e. The van der Waals surface area contributed by atoms with Gasteiger partial charge in [0.2, 0.25) is 0 Å². The highest BCUT2D eigenvalue weighted by Gasteiger charge is 2.22. The molecule has 1 fully saturated rings. The number of amides is 1. The molecule has 0 spiro atoms. The first-order valence-electron chi connectivity index (χ1n) is 6.31. The Labute approximate surface area is 129 Å². The second kappa shape index (κ2) is 5.63. The number of rotatable bonds is 3. The minimum atomic E-state index is -0.386. The van der Waals surface area contributed by atoms with Crippen LogP contribution in [0.4, 0.5) is 5.69 Å². The topological polar surface area (TPSA) is 95.6 Å². The summed E-state index contributed by atoms with van der Waals surface area (Å²) in [6, 6.07) is 7.34. The minimum absolute atomic E-state index is 0.228. The van der Waals surface area contributed by atoms with E-state index in [4.69, 9.17) is 5.26 Å². The highest BCUT2D eigenvalue weighted by atomic mass is 79.9. The zero-order valence-electron chi connectivity index (χ0n) is 10.9. The van der Waals surface area contributed by atoms with Crippen LogP contribution in [0.3, 0.4) is 0 Å². The summed E-state index contributed by atoms with van der Waals surface area (Å²) in [6.07, 6.45) is 1.62. The van der Waals surface area contributed by atoms with Gasteiger partial charge in [-0.1, -0.05) is 21.1 Å². The molecule has 1 aromatic heterocycles. The van der Waals surface area contributed by atoms with Gasteiger partial charge in [-0.15, -0.1) is 5.10 Å². The molecule has 1 aliphatic rings. The number of anilines is 1. The van der Waals surface area contributed by atoms with E-state index in [0.717, 1.165) is 17.6 Å². The molecule has 1 saturated heterocycles. The molecule has 0 unspecified atom stereocenters. The fraction of sp³-hybridized carbons (Fsp3) is 0.231. The predicted molar refractivity (Wildman–Crippen MR) is 78.7 cm³/mol. The summed E-state index contributed by atoms with van der Waals surface area (Å²) >= 11 is 3.31. The van der Waals surface area contributed by atoms with E-state index in [1.165, 1.54) is 0 Å². The van der Waals surface area contributed by atoms with Crippen LogP contribution in [0, 0.1) is 11.3 Å². The van der Waals surface area contributed by atoms with Crippen LogP contribution in [0.1, 0.15) is 22.1 Å². The molecule has 8 heteroatoms. The predicted octanol–water partition coefficient (Wildman–Crippen LogP) is 1.31. The molecule has 0 bridgehead atoms. The van der Waals surface area contributed by atoms with Crippen LogP contribution in [0.25, 0.3) is 0 Å². The maximum atomic E-state index is 12.2. The first-order chi connectivity index (χ1) is 10.2. The van der Waals surface area contributed by atoms with E-state index in [1.54, 1.807) is 29.1 Å². The third kappa shape index (κ3) is 2.79. The summed E-state index contributed by atoms with van der Waals surface area (Å²) in [5.41, 5.74) is 1.06. The summed E-state index contributed by atoms with van der Waals surface area (Å²) in [5, 5.41) is 22.7. The molecule has 2 aromatic rings. The Kier molecular flexibility index (Phi) is 3.68. The zero-order chi connectivity index (χ0) is 14.8. The van der Waals surface area contributed by atoms with Crippen molar-refractivity contribution in [1.29, 1.82) is 5.26 Å². The maximum absolute atomic E-state index is 12.2. The van der Waals surface area contributed by atoms with Gasteiger partial charge in [-0.2, -0.15) is 5.26 Å². The van der Waals surface area contributed by atoms with Crippen molar-refractivity contribution in [3.63, 3.8) is 0 Å². The second-order valence-electron chi connectivity index (χ2n) is 4.65. The van der Waals surface area contributed by atoms with E-state index >= 15 is 0 Å². The lowest BCUT2D eigenvalue weighted by atomic mass is 10.2. The zero-order valence-corrected chi connectivity index (χ0v) is 12.5. The Bertz CT molecular complexity index is 731. The number of aromatic nitrogens is 3. The number of nitrogens with one attached hydrogen (secondary N) is 2. The highest BCUT2D eigenvalue weighted by Crippen LogP contribution is 2.21. The van der Waals surface area contributed by atoms with Gasteiger partial charge in [0.15, 0.2) is 5.69 Å². The Balaban J connectivity index is 1.78. The number of hydrogen-bond acceptors (Lipinski definition) is 5. The van der Waals surface area contributed by atoms with Gasteiger partial charge in [0, 0.05) is 17.6 Å². The lowest BCUT2D eigenvalue weighted by Crippen LogP contribution is -2.43. The molecule has 0 aliphatic carbocycles. The average Bonchev–Trinajstić information content (AvgIpc) is 2.86. The summed E-state index contributed by atoms with van der Waals surface area (Å²) in [5.74, 6) is -0.386. The van der Waals surface area contributed by atoms with E-state index in [9.17, 15) is 4.79 Å². The van der Waals surface area contributed by atoms with Crippen LogP contribution in [-0.2, 0) is 0 Å². The molecule has 1 aliphatic heterocycles. The molecular weight excluding hydrogens is 336 g/mol. The van der Waals surface area contributed by atoms with Crippen LogP contribution >= 0.6 is 15.9 Å². The quantitative estimate of drug-likeness (QED) is 0.873. The van der Waals surface area contributed by atoms with Gasteiger partial charge in [-0.3, -0.25) is 4.79 Å². The van der Waals surface area contributed by atoms with Crippen LogP contribution in [0.5, 0.6) is 0 Å². The normalized spacial score (nSPS) is 14.3. The first kappa shape index (κ1) is 13.7. The number of nitriles is 1. The molecule has 2 heterocycles. The minimum Gasteiger partial charge on any atom is -0.319 e. The van der Waals surface area contributed by atoms with Gasteiger partial charge in [-0.05, 0) is 18.2 Å². The number of hydrogen-bond donors (Lipinski definition) is 2. The lowest BCUT2D eigenvalue weighted by molar-refractivity contribution is 0.102. The molecule has 1 aromatic carbocycles. The van der Waals surface area contributed by atoms with Gasteiger partial charge in [0.05, 0.1) is 23.5 Å². The third-order valence-corrected chi connectivity index (χ3v) is 3.72. The first-order valence-corrected chi connectivity index (χ1v) is 7.10. The molecular formula is C13H11BrN6O. The Morgan fingerprint density at radius 2 is 2.33 bits per heavy atom. The number of carbonyl (C=O) groups is 1. The van der Waals surface area contributed by atoms with Gasteiger partial charge >= 0.3 is 0 Å². The molecule has 0 saturated carbocycles. The summed E-state index contributed by atoms with van der Waals surface area (Å²) in [6.45, 7) is 1.66. The number of carbonyl (C=O) groups excluding carboxylic acids is 1. The van der Waals surface area contributed by atoms with Crippen LogP contribution in [-0.4, -0.2) is 34.0 Å². The van der Waals surface area contributed by atoms with Crippen molar-refractivity contribution < 1.29 is 4.79 Å². The molecule has 0 radical (unpaired) electrons. The maximum Gasteiger partial charge on any atom is 0.277 e. The van der Waals surface area contributed by atoms with Crippen molar-refractivity contribution >= 4 is 27.5 Å². The van der Waals surface area contributed by atoms with Crippen molar-refractivity contribution in [3.05, 3.63) is 40.1 Å². The summed E-state index contributed by atoms with van der Waals surface area (Å²) in [4.78, 5) is 12.2. The number of halogens is 1. The fourth-order valence-corrected chi connectivity index (χ4v) is 2.28. The van der Waals surface area contributed by atoms with E-state index in [-0.39, 0.29) is 17.6 Å². The Hall–Kier alpha value is -2.24. The van der Waals surface area contributed by atoms with Gasteiger partial charge in [-0.25, -0.2) is 4.68 Å². The van der Waals surface area contributed by atoms with E-state index < -0.39 is 0 Å². The third-order valence-electron chi connectivity index (χ3n) is 3.23. The molecule has 7 nitrogen and oxygen atoms in total. The van der Waals surface area contributed by atoms with Crippen LogP contribution in [0.15, 0.2) is 28.9 Å². The van der Waals surface area contributed by atoms with Crippen LogP contribution in [0.2, 0.25) is 0 Å². The molecule has 106 valence electrons. The molecule has 21 heavy (non-hydrogen) atoms. The molecule has 0 atom stereocenters. The van der Waals surface area contributed by atoms with Crippen molar-refractivity contribution in [3.8, 4) is 6.07 Å². The monoisotopic (exact) mass is 346 g/mol. The number of benzene rings is 1. The van der Waals surface area contributed by atoms with E-state index in [0.29, 0.717) is 11.3 Å². The largest absolute Gasteiger partial charge is 0.319 e. The highest BCUT2D eigenvalue weighted by molar-refractivity contribution is 9.10. The van der Waals surface area contributed by atoms with Gasteiger partial charge in [0.1, 0.15) is 6.07 Å². The number of nitrogens with zero attached hydrogens (tertiary/aromatic N) is 4. The van der Waals surface area contributed by atoms with Crippen molar-refractivity contribution in [2.75, 3.05) is 18.4 Å². The van der Waals surface area contributed by atoms with Crippen LogP contribution < -0.4 is 10.6 Å². The SMILES string of the molecule is N#Cc1ccc(Br)cc1NC(=O)c1cn(C2CNC2)nn1. The molecule has 2 N–H and O–H groups in total. The lowest BCUT2D eigenvalue weighted by Gasteiger charge is -2.26. The van der Waals surface area contributed by atoms with E-state index in [2.05, 4.69) is 36.9 Å². The average molecular weight is 347 g/mol. The van der Waals surface area contributed by atoms with Crippen molar-refractivity contribution in [1.82, 2.24) is 20.3 Å².